The van der Waals surface area contributed by atoms with Gasteiger partial charge in [-0.3, -0.25) is 9.69 Å². The third-order valence-electron chi connectivity index (χ3n) is 6.77. The fourth-order valence-corrected chi connectivity index (χ4v) is 4.85. The number of carbonyl (C=O) groups is 1. The van der Waals surface area contributed by atoms with Crippen molar-refractivity contribution in [3.05, 3.63) is 108 Å². The van der Waals surface area contributed by atoms with E-state index in [9.17, 15) is 4.79 Å². The monoisotopic (exact) mass is 465 g/mol. The van der Waals surface area contributed by atoms with Crippen molar-refractivity contribution in [2.24, 2.45) is 0 Å². The molecule has 5 nitrogen and oxygen atoms in total. The van der Waals surface area contributed by atoms with Crippen LogP contribution in [0.5, 0.6) is 5.75 Å². The lowest BCUT2D eigenvalue weighted by Gasteiger charge is -2.34. The Kier molecular flexibility index (Phi) is 6.68. The van der Waals surface area contributed by atoms with E-state index in [1.165, 1.54) is 5.56 Å². The number of hydrogen-bond donors (Lipinski definition) is 0. The lowest BCUT2D eigenvalue weighted by Crippen LogP contribution is -2.48. The molecule has 35 heavy (non-hydrogen) atoms. The van der Waals surface area contributed by atoms with Crippen LogP contribution < -0.4 is 4.74 Å². The molecular weight excluding hydrogens is 434 g/mol. The number of benzene rings is 3. The summed E-state index contributed by atoms with van der Waals surface area (Å²) >= 11 is 0. The van der Waals surface area contributed by atoms with Gasteiger partial charge in [-0.05, 0) is 42.8 Å². The van der Waals surface area contributed by atoms with Crippen LogP contribution in [0.15, 0.2) is 91.0 Å². The van der Waals surface area contributed by atoms with Crippen molar-refractivity contribution in [3.8, 4) is 22.7 Å². The van der Waals surface area contributed by atoms with Crippen LogP contribution >= 0.6 is 0 Å². The molecule has 5 heteroatoms. The standard InChI is InChI=1S/C30H31N3O2/c1-23-28(30(34)32-18-16-31(17-19-32)22-24-10-5-3-6-11-24)21-29(25-12-9-15-27(20-25)35-2)33(23)26-13-7-4-8-14-26/h3-15,20-21H,16-19,22H2,1-2H3. The van der Waals surface area contributed by atoms with Crippen LogP contribution in [-0.2, 0) is 6.54 Å². The molecule has 0 aliphatic carbocycles. The highest BCUT2D eigenvalue weighted by Gasteiger charge is 2.26. The number of amides is 1. The van der Waals surface area contributed by atoms with Gasteiger partial charge in [-0.25, -0.2) is 0 Å². The topological polar surface area (TPSA) is 37.7 Å². The van der Waals surface area contributed by atoms with E-state index in [0.717, 1.165) is 66.7 Å². The number of ether oxygens (including phenoxy) is 1. The van der Waals surface area contributed by atoms with Gasteiger partial charge in [0.1, 0.15) is 5.75 Å². The number of rotatable bonds is 6. The Hall–Kier alpha value is -3.83. The minimum Gasteiger partial charge on any atom is -0.497 e. The molecule has 1 fully saturated rings. The predicted octanol–water partition coefficient (Wildman–Crippen LogP) is 5.42. The van der Waals surface area contributed by atoms with Gasteiger partial charge in [0.25, 0.3) is 5.91 Å². The van der Waals surface area contributed by atoms with Crippen LogP contribution in [0.25, 0.3) is 16.9 Å². The van der Waals surface area contributed by atoms with Gasteiger partial charge in [0.15, 0.2) is 0 Å². The van der Waals surface area contributed by atoms with Gasteiger partial charge in [0, 0.05) is 49.7 Å². The molecule has 0 radical (unpaired) electrons. The van der Waals surface area contributed by atoms with Crippen molar-refractivity contribution in [2.45, 2.75) is 13.5 Å². The summed E-state index contributed by atoms with van der Waals surface area (Å²) in [5.74, 6) is 0.893. The highest BCUT2D eigenvalue weighted by molar-refractivity contribution is 5.97. The first-order valence-electron chi connectivity index (χ1n) is 12.1. The molecule has 5 rings (SSSR count). The normalized spacial score (nSPS) is 14.2. The number of para-hydroxylation sites is 1. The van der Waals surface area contributed by atoms with E-state index in [4.69, 9.17) is 4.74 Å². The molecule has 4 aromatic rings. The Morgan fingerprint density at radius 1 is 0.829 bits per heavy atom. The number of methoxy groups -OCH3 is 1. The number of carbonyl (C=O) groups excluding carboxylic acids is 1. The number of hydrogen-bond acceptors (Lipinski definition) is 3. The van der Waals surface area contributed by atoms with Gasteiger partial charge >= 0.3 is 0 Å². The molecule has 0 N–H and O–H groups in total. The van der Waals surface area contributed by atoms with E-state index < -0.39 is 0 Å². The van der Waals surface area contributed by atoms with E-state index in [1.54, 1.807) is 7.11 Å². The number of piperazine rings is 1. The van der Waals surface area contributed by atoms with E-state index in [0.29, 0.717) is 0 Å². The Morgan fingerprint density at radius 3 is 2.20 bits per heavy atom. The molecule has 0 spiro atoms. The maximum absolute atomic E-state index is 13.7. The zero-order valence-electron chi connectivity index (χ0n) is 20.4. The summed E-state index contributed by atoms with van der Waals surface area (Å²) in [6.45, 7) is 6.18. The average Bonchev–Trinajstić information content (AvgIpc) is 3.27. The summed E-state index contributed by atoms with van der Waals surface area (Å²) < 4.78 is 7.64. The van der Waals surface area contributed by atoms with E-state index in [2.05, 4.69) is 51.9 Å². The second-order valence-electron chi connectivity index (χ2n) is 8.99. The maximum atomic E-state index is 13.7. The lowest BCUT2D eigenvalue weighted by molar-refractivity contribution is 0.0628. The first-order valence-corrected chi connectivity index (χ1v) is 12.1. The molecule has 0 saturated carbocycles. The second-order valence-corrected chi connectivity index (χ2v) is 8.99. The van der Waals surface area contributed by atoms with Crippen LogP contribution in [0.1, 0.15) is 21.6 Å². The highest BCUT2D eigenvalue weighted by Crippen LogP contribution is 2.32. The molecule has 1 aromatic heterocycles. The van der Waals surface area contributed by atoms with Crippen molar-refractivity contribution < 1.29 is 9.53 Å². The van der Waals surface area contributed by atoms with Gasteiger partial charge < -0.3 is 14.2 Å². The zero-order valence-corrected chi connectivity index (χ0v) is 20.4. The molecule has 1 saturated heterocycles. The summed E-state index contributed by atoms with van der Waals surface area (Å²) in [4.78, 5) is 18.1. The molecule has 3 aromatic carbocycles. The van der Waals surface area contributed by atoms with Crippen LogP contribution in [0, 0.1) is 6.92 Å². The maximum Gasteiger partial charge on any atom is 0.255 e. The molecule has 0 unspecified atom stereocenters. The third kappa shape index (κ3) is 4.86. The first kappa shape index (κ1) is 22.9. The van der Waals surface area contributed by atoms with Gasteiger partial charge in [-0.1, -0.05) is 60.7 Å². The molecular formula is C30H31N3O2. The van der Waals surface area contributed by atoms with E-state index >= 15 is 0 Å². The fourth-order valence-electron chi connectivity index (χ4n) is 4.85. The van der Waals surface area contributed by atoms with Gasteiger partial charge in [-0.15, -0.1) is 0 Å². The minimum absolute atomic E-state index is 0.0979. The fraction of sp³-hybridized carbons (Fsp3) is 0.233. The van der Waals surface area contributed by atoms with E-state index in [-0.39, 0.29) is 5.91 Å². The Labute approximate surface area is 207 Å². The summed E-state index contributed by atoms with van der Waals surface area (Å²) in [6, 6.07) is 30.8. The summed E-state index contributed by atoms with van der Waals surface area (Å²) in [7, 11) is 1.67. The largest absolute Gasteiger partial charge is 0.497 e. The minimum atomic E-state index is 0.0979. The second kappa shape index (κ2) is 10.2. The molecule has 0 atom stereocenters. The Balaban J connectivity index is 1.42. The van der Waals surface area contributed by atoms with Crippen molar-refractivity contribution >= 4 is 5.91 Å². The van der Waals surface area contributed by atoms with Crippen molar-refractivity contribution in [3.63, 3.8) is 0 Å². The third-order valence-corrected chi connectivity index (χ3v) is 6.77. The van der Waals surface area contributed by atoms with Crippen LogP contribution in [0.3, 0.4) is 0 Å². The highest BCUT2D eigenvalue weighted by atomic mass is 16.5. The summed E-state index contributed by atoms with van der Waals surface area (Å²) in [5.41, 5.74) is 6.05. The molecule has 1 aliphatic rings. The smallest absolute Gasteiger partial charge is 0.255 e. The summed E-state index contributed by atoms with van der Waals surface area (Å²) in [5, 5.41) is 0. The quantitative estimate of drug-likeness (QED) is 0.382. The number of aromatic nitrogens is 1. The van der Waals surface area contributed by atoms with Crippen LogP contribution in [0.4, 0.5) is 0 Å². The molecule has 0 bridgehead atoms. The average molecular weight is 466 g/mol. The summed E-state index contributed by atoms with van der Waals surface area (Å²) in [6.07, 6.45) is 0. The van der Waals surface area contributed by atoms with Crippen molar-refractivity contribution in [1.29, 1.82) is 0 Å². The van der Waals surface area contributed by atoms with Crippen molar-refractivity contribution in [2.75, 3.05) is 33.3 Å². The SMILES string of the molecule is COc1cccc(-c2cc(C(=O)N3CCN(Cc4ccccc4)CC3)c(C)n2-c2ccccc2)c1. The molecule has 178 valence electrons. The Bertz CT molecular complexity index is 1290. The van der Waals surface area contributed by atoms with Gasteiger partial charge in [0.2, 0.25) is 0 Å². The van der Waals surface area contributed by atoms with Crippen LogP contribution in [0.2, 0.25) is 0 Å². The predicted molar refractivity (Wildman–Crippen MR) is 140 cm³/mol. The lowest BCUT2D eigenvalue weighted by atomic mass is 10.1. The zero-order chi connectivity index (χ0) is 24.2. The van der Waals surface area contributed by atoms with Gasteiger partial charge in [0.05, 0.1) is 18.4 Å². The van der Waals surface area contributed by atoms with Gasteiger partial charge in [-0.2, -0.15) is 0 Å². The van der Waals surface area contributed by atoms with Crippen molar-refractivity contribution in [1.82, 2.24) is 14.4 Å². The Morgan fingerprint density at radius 2 is 1.51 bits per heavy atom. The first-order chi connectivity index (χ1) is 17.1. The molecule has 1 aliphatic heterocycles. The van der Waals surface area contributed by atoms with Crippen LogP contribution in [-0.4, -0.2) is 53.6 Å². The molecule has 1 amide bonds. The number of nitrogens with zero attached hydrogens (tertiary/aromatic N) is 3. The van der Waals surface area contributed by atoms with E-state index in [1.807, 2.05) is 60.4 Å². The molecule has 2 heterocycles.